The van der Waals surface area contributed by atoms with Gasteiger partial charge in [0.1, 0.15) is 5.82 Å². The first-order valence-corrected chi connectivity index (χ1v) is 7.43. The molecule has 1 aromatic carbocycles. The van der Waals surface area contributed by atoms with Crippen LogP contribution in [0, 0.1) is 5.92 Å². The Labute approximate surface area is 115 Å². The highest BCUT2D eigenvalue weighted by atomic mass is 15.1. The number of aromatic nitrogens is 2. The second kappa shape index (κ2) is 5.33. The molecule has 2 heterocycles. The van der Waals surface area contributed by atoms with Crippen LogP contribution in [0.1, 0.15) is 31.2 Å². The van der Waals surface area contributed by atoms with Gasteiger partial charge in [0.15, 0.2) is 0 Å². The first kappa shape index (κ1) is 12.7. The number of hydrogen-bond acceptors (Lipinski definition) is 2. The molecule has 19 heavy (non-hydrogen) atoms. The van der Waals surface area contributed by atoms with Crippen molar-refractivity contribution in [1.82, 2.24) is 14.9 Å². The smallest absolute Gasteiger partial charge is 0.109 e. The summed E-state index contributed by atoms with van der Waals surface area (Å²) >= 11 is 0. The topological polar surface area (TPSA) is 29.9 Å². The van der Waals surface area contributed by atoms with Gasteiger partial charge in [-0.25, -0.2) is 4.98 Å². The molecule has 2 aromatic rings. The van der Waals surface area contributed by atoms with Gasteiger partial charge < -0.3 is 9.88 Å². The molecule has 0 amide bonds. The number of aryl methyl sites for hydroxylation is 2. The molecule has 1 aliphatic heterocycles. The lowest BCUT2D eigenvalue weighted by atomic mass is 9.96. The third-order valence-corrected chi connectivity index (χ3v) is 4.34. The zero-order chi connectivity index (χ0) is 13.2. The van der Waals surface area contributed by atoms with E-state index in [0.717, 1.165) is 25.3 Å². The van der Waals surface area contributed by atoms with E-state index >= 15 is 0 Å². The van der Waals surface area contributed by atoms with Crippen LogP contribution in [-0.2, 0) is 19.9 Å². The highest BCUT2D eigenvalue weighted by molar-refractivity contribution is 5.79. The molecule has 3 nitrogen and oxygen atoms in total. The lowest BCUT2D eigenvalue weighted by Crippen LogP contribution is -2.31. The van der Waals surface area contributed by atoms with Gasteiger partial charge in [0, 0.05) is 13.5 Å². The average molecular weight is 257 g/mol. The molecule has 1 saturated heterocycles. The van der Waals surface area contributed by atoms with Gasteiger partial charge in [-0.3, -0.25) is 0 Å². The van der Waals surface area contributed by atoms with Crippen LogP contribution in [0.3, 0.4) is 0 Å². The molecule has 0 aliphatic carbocycles. The summed E-state index contributed by atoms with van der Waals surface area (Å²) in [5, 5.41) is 3.49. The molecular weight excluding hydrogens is 234 g/mol. The Morgan fingerprint density at radius 3 is 3.05 bits per heavy atom. The molecule has 1 N–H and O–H groups in total. The number of fused-ring (bicyclic) bond motifs is 1. The number of rotatable bonds is 3. The molecular formula is C16H23N3. The lowest BCUT2D eigenvalue weighted by molar-refractivity contribution is 0.368. The largest absolute Gasteiger partial charge is 0.331 e. The van der Waals surface area contributed by atoms with E-state index in [2.05, 4.69) is 42.1 Å². The molecule has 3 rings (SSSR count). The molecule has 1 fully saturated rings. The molecule has 0 spiro atoms. The number of hydrogen-bond donors (Lipinski definition) is 1. The molecule has 0 saturated carbocycles. The van der Waals surface area contributed by atoms with Crippen LogP contribution in [0.4, 0.5) is 0 Å². The summed E-state index contributed by atoms with van der Waals surface area (Å²) in [6, 6.07) is 6.53. The van der Waals surface area contributed by atoms with Crippen molar-refractivity contribution in [2.75, 3.05) is 13.1 Å². The minimum atomic E-state index is 0.745. The van der Waals surface area contributed by atoms with Gasteiger partial charge in [-0.1, -0.05) is 19.1 Å². The van der Waals surface area contributed by atoms with Crippen LogP contribution in [0.15, 0.2) is 18.2 Å². The first-order chi connectivity index (χ1) is 9.29. The summed E-state index contributed by atoms with van der Waals surface area (Å²) in [5.41, 5.74) is 3.84. The van der Waals surface area contributed by atoms with E-state index in [9.17, 15) is 0 Å². The van der Waals surface area contributed by atoms with E-state index in [0.29, 0.717) is 0 Å². The van der Waals surface area contributed by atoms with Crippen molar-refractivity contribution < 1.29 is 0 Å². The maximum atomic E-state index is 4.91. The monoisotopic (exact) mass is 257 g/mol. The normalized spacial score (nSPS) is 20.0. The number of nitrogens with one attached hydrogen (secondary N) is 1. The molecule has 0 bridgehead atoms. The Balaban J connectivity index is 1.93. The summed E-state index contributed by atoms with van der Waals surface area (Å²) in [5.74, 6) is 1.99. The number of imidazole rings is 1. The zero-order valence-electron chi connectivity index (χ0n) is 11.9. The quantitative estimate of drug-likeness (QED) is 0.916. The van der Waals surface area contributed by atoms with E-state index < -0.39 is 0 Å². The second-order valence-corrected chi connectivity index (χ2v) is 5.64. The fraction of sp³-hybridized carbons (Fsp3) is 0.562. The number of para-hydroxylation sites is 1. The Bertz CT molecular complexity index is 565. The van der Waals surface area contributed by atoms with Crippen molar-refractivity contribution >= 4 is 11.0 Å². The standard InChI is InChI=1S/C16H23N3/c1-3-13-7-4-8-14-16(13)18-15(19(14)2)10-12-6-5-9-17-11-12/h4,7-8,12,17H,3,5-6,9-11H2,1-2H3. The Kier molecular flexibility index (Phi) is 3.56. The fourth-order valence-electron chi connectivity index (χ4n) is 3.14. The highest BCUT2D eigenvalue weighted by Crippen LogP contribution is 2.22. The van der Waals surface area contributed by atoms with E-state index in [1.807, 2.05) is 0 Å². The summed E-state index contributed by atoms with van der Waals surface area (Å²) in [4.78, 5) is 4.91. The van der Waals surface area contributed by atoms with Gasteiger partial charge in [-0.05, 0) is 49.9 Å². The van der Waals surface area contributed by atoms with Gasteiger partial charge in [0.25, 0.3) is 0 Å². The zero-order valence-corrected chi connectivity index (χ0v) is 11.9. The van der Waals surface area contributed by atoms with Crippen molar-refractivity contribution in [2.24, 2.45) is 13.0 Å². The van der Waals surface area contributed by atoms with Crippen molar-refractivity contribution in [3.63, 3.8) is 0 Å². The summed E-state index contributed by atoms with van der Waals surface area (Å²) in [7, 11) is 2.15. The van der Waals surface area contributed by atoms with Crippen LogP contribution >= 0.6 is 0 Å². The highest BCUT2D eigenvalue weighted by Gasteiger charge is 2.17. The molecule has 102 valence electrons. The molecule has 1 atom stereocenters. The predicted molar refractivity (Wildman–Crippen MR) is 79.4 cm³/mol. The van der Waals surface area contributed by atoms with Crippen LogP contribution in [-0.4, -0.2) is 22.6 Å². The molecule has 1 aromatic heterocycles. The maximum Gasteiger partial charge on any atom is 0.109 e. The van der Waals surface area contributed by atoms with Crippen molar-refractivity contribution in [2.45, 2.75) is 32.6 Å². The maximum absolute atomic E-state index is 4.91. The van der Waals surface area contributed by atoms with E-state index in [4.69, 9.17) is 4.98 Å². The SMILES string of the molecule is CCc1cccc2c1nc(CC1CCCNC1)n2C. The number of benzene rings is 1. The Morgan fingerprint density at radius 1 is 1.42 bits per heavy atom. The van der Waals surface area contributed by atoms with Crippen LogP contribution in [0.5, 0.6) is 0 Å². The van der Waals surface area contributed by atoms with Crippen LogP contribution in [0.25, 0.3) is 11.0 Å². The Hall–Kier alpha value is -1.35. The number of nitrogens with zero attached hydrogens (tertiary/aromatic N) is 2. The van der Waals surface area contributed by atoms with Crippen LogP contribution < -0.4 is 5.32 Å². The lowest BCUT2D eigenvalue weighted by Gasteiger charge is -2.22. The van der Waals surface area contributed by atoms with E-state index in [1.54, 1.807) is 0 Å². The summed E-state index contributed by atoms with van der Waals surface area (Å²) < 4.78 is 2.28. The van der Waals surface area contributed by atoms with Gasteiger partial charge in [0.2, 0.25) is 0 Å². The van der Waals surface area contributed by atoms with Gasteiger partial charge in [0.05, 0.1) is 11.0 Å². The minimum absolute atomic E-state index is 0.745. The van der Waals surface area contributed by atoms with Crippen LogP contribution in [0.2, 0.25) is 0 Å². The molecule has 1 aliphatic rings. The molecule has 0 radical (unpaired) electrons. The third-order valence-electron chi connectivity index (χ3n) is 4.34. The fourth-order valence-corrected chi connectivity index (χ4v) is 3.14. The predicted octanol–water partition coefficient (Wildman–Crippen LogP) is 2.68. The van der Waals surface area contributed by atoms with Gasteiger partial charge in [-0.2, -0.15) is 0 Å². The van der Waals surface area contributed by atoms with Crippen molar-refractivity contribution in [3.05, 3.63) is 29.6 Å². The minimum Gasteiger partial charge on any atom is -0.331 e. The van der Waals surface area contributed by atoms with E-state index in [1.165, 1.54) is 41.8 Å². The summed E-state index contributed by atoms with van der Waals surface area (Å²) in [6.07, 6.45) is 4.78. The second-order valence-electron chi connectivity index (χ2n) is 5.64. The van der Waals surface area contributed by atoms with E-state index in [-0.39, 0.29) is 0 Å². The molecule has 1 unspecified atom stereocenters. The van der Waals surface area contributed by atoms with Gasteiger partial charge in [-0.15, -0.1) is 0 Å². The van der Waals surface area contributed by atoms with Gasteiger partial charge >= 0.3 is 0 Å². The first-order valence-electron chi connectivity index (χ1n) is 7.43. The van der Waals surface area contributed by atoms with Crippen molar-refractivity contribution in [3.8, 4) is 0 Å². The molecule has 3 heteroatoms. The Morgan fingerprint density at radius 2 is 2.32 bits per heavy atom. The summed E-state index contributed by atoms with van der Waals surface area (Å²) in [6.45, 7) is 4.52. The third kappa shape index (κ3) is 2.39. The van der Waals surface area contributed by atoms with Crippen molar-refractivity contribution in [1.29, 1.82) is 0 Å². The average Bonchev–Trinajstić information content (AvgIpc) is 2.77. The number of piperidine rings is 1.